The van der Waals surface area contributed by atoms with Crippen molar-refractivity contribution in [2.24, 2.45) is 4.99 Å². The maximum Gasteiger partial charge on any atom is 0.405 e. The Morgan fingerprint density at radius 2 is 1.70 bits per heavy atom. The quantitative estimate of drug-likeness (QED) is 0.478. The fourth-order valence-electron chi connectivity index (χ4n) is 2.89. The van der Waals surface area contributed by atoms with Gasteiger partial charge in [-0.2, -0.15) is 31.7 Å². The van der Waals surface area contributed by atoms with Gasteiger partial charge in [-0.1, -0.05) is 38.1 Å². The molecule has 0 saturated heterocycles. The second kappa shape index (κ2) is 5.81. The predicted molar refractivity (Wildman–Crippen MR) is 81.6 cm³/mol. The molecule has 1 heterocycles. The number of benzene rings is 2. The van der Waals surface area contributed by atoms with Crippen molar-refractivity contribution < 1.29 is 33.3 Å². The van der Waals surface area contributed by atoms with Gasteiger partial charge in [0.05, 0.1) is 5.69 Å². The molecule has 5 heteroatoms. The summed E-state index contributed by atoms with van der Waals surface area (Å²) in [6.07, 6.45) is -4.36. The molecule has 23 heavy (non-hydrogen) atoms. The minimum atomic E-state index is -4.36. The Kier molecular flexibility index (Phi) is 4.49. The number of fused-ring (bicyclic) bond motifs is 1. The first-order chi connectivity index (χ1) is 10.2. The van der Waals surface area contributed by atoms with Crippen LogP contribution in [0.5, 0.6) is 0 Å². The molecule has 0 aromatic heterocycles. The number of hydrogen-bond donors (Lipinski definition) is 0. The molecule has 0 saturated carbocycles. The number of hydrogen-bond acceptors (Lipinski definition) is 1. The normalized spacial score (nSPS) is 15.6. The molecule has 0 spiro atoms. The molecule has 0 aliphatic carbocycles. The van der Waals surface area contributed by atoms with Crippen LogP contribution in [0, 0.1) is 6.92 Å². The van der Waals surface area contributed by atoms with E-state index in [1.54, 1.807) is 0 Å². The predicted octanol–water partition coefficient (Wildman–Crippen LogP) is 5.30. The fraction of sp³-hybridized carbons (Fsp3) is 0.222. The summed E-state index contributed by atoms with van der Waals surface area (Å²) in [6.45, 7) is 7.83. The van der Waals surface area contributed by atoms with Crippen LogP contribution in [0.2, 0.25) is 0 Å². The van der Waals surface area contributed by atoms with Crippen LogP contribution in [-0.4, -0.2) is 5.71 Å². The molecule has 123 valence electrons. The van der Waals surface area contributed by atoms with Gasteiger partial charge in [-0.15, -0.1) is 11.6 Å². The van der Waals surface area contributed by atoms with E-state index in [1.807, 2.05) is 38.1 Å². The molecule has 1 radical (unpaired) electrons. The molecule has 0 amide bonds. The van der Waals surface area contributed by atoms with Crippen molar-refractivity contribution in [2.75, 3.05) is 0 Å². The molecule has 1 aliphatic heterocycles. The van der Waals surface area contributed by atoms with Gasteiger partial charge in [-0.25, -0.2) is 0 Å². The molecule has 0 unspecified atom stereocenters. The number of aliphatic imine (C=N–C) groups is 1. The van der Waals surface area contributed by atoms with E-state index in [0.29, 0.717) is 11.1 Å². The zero-order chi connectivity index (χ0) is 16.1. The number of alkyl halides is 3. The minimum Gasteiger partial charge on any atom is -0.265 e. The number of rotatable bonds is 1. The van der Waals surface area contributed by atoms with E-state index in [4.69, 9.17) is 0 Å². The summed E-state index contributed by atoms with van der Waals surface area (Å²) in [6, 6.07) is 11.4. The van der Waals surface area contributed by atoms with Crippen LogP contribution in [0.1, 0.15) is 36.1 Å². The van der Waals surface area contributed by atoms with Gasteiger partial charge < -0.3 is 0 Å². The third kappa shape index (κ3) is 2.95. The summed E-state index contributed by atoms with van der Waals surface area (Å²) in [4.78, 5) is 4.62. The Hall–Kier alpha value is -1.58. The third-order valence-electron chi connectivity index (χ3n) is 4.09. The van der Waals surface area contributed by atoms with Crippen molar-refractivity contribution in [3.63, 3.8) is 0 Å². The van der Waals surface area contributed by atoms with Gasteiger partial charge in [0.2, 0.25) is 0 Å². The summed E-state index contributed by atoms with van der Waals surface area (Å²) in [5, 5.41) is 0. The van der Waals surface area contributed by atoms with E-state index in [9.17, 15) is 13.2 Å². The molecular weight excluding hydrogens is 479 g/mol. The average Bonchev–Trinajstić information content (AvgIpc) is 2.70. The Labute approximate surface area is 147 Å². The van der Waals surface area contributed by atoms with Gasteiger partial charge in [-0.05, 0) is 17.2 Å². The van der Waals surface area contributed by atoms with Crippen molar-refractivity contribution >= 4 is 11.4 Å². The van der Waals surface area contributed by atoms with Gasteiger partial charge in [0, 0.05) is 31.2 Å². The van der Waals surface area contributed by atoms with Gasteiger partial charge in [0.1, 0.15) is 0 Å². The molecule has 3 rings (SSSR count). The van der Waals surface area contributed by atoms with Crippen LogP contribution in [0.3, 0.4) is 0 Å². The van der Waals surface area contributed by atoms with Crippen LogP contribution in [0.4, 0.5) is 18.9 Å². The minimum absolute atomic E-state index is 0. The number of halogens is 3. The summed E-state index contributed by atoms with van der Waals surface area (Å²) in [7, 11) is 0. The van der Waals surface area contributed by atoms with E-state index in [2.05, 4.69) is 11.9 Å². The van der Waals surface area contributed by atoms with E-state index < -0.39 is 11.7 Å². The standard InChI is InChI=1S/C18H15F3N.Ir/c1-11-10-12(18(19,20)21)8-9-13(11)16-17(2,3)14-6-4-5-7-15(14)22-16;/h4-10H,1H2,2-3H3;/q-1;. The van der Waals surface area contributed by atoms with Crippen LogP contribution >= 0.6 is 0 Å². The molecule has 0 bridgehead atoms. The Morgan fingerprint density at radius 3 is 2.26 bits per heavy atom. The number of nitrogens with zero attached hydrogens (tertiary/aromatic N) is 1. The van der Waals surface area contributed by atoms with Gasteiger partial charge >= 0.3 is 6.18 Å². The summed E-state index contributed by atoms with van der Waals surface area (Å²) >= 11 is 0. The zero-order valence-electron chi connectivity index (χ0n) is 12.7. The van der Waals surface area contributed by atoms with Crippen molar-refractivity contribution in [1.82, 2.24) is 0 Å². The van der Waals surface area contributed by atoms with Gasteiger partial charge in [0.25, 0.3) is 0 Å². The Balaban J connectivity index is 0.00000192. The fourth-order valence-corrected chi connectivity index (χ4v) is 2.89. The maximum absolute atomic E-state index is 12.8. The van der Waals surface area contributed by atoms with E-state index in [0.717, 1.165) is 29.1 Å². The summed E-state index contributed by atoms with van der Waals surface area (Å²) < 4.78 is 38.4. The first-order valence-corrected chi connectivity index (χ1v) is 6.93. The van der Waals surface area contributed by atoms with E-state index >= 15 is 0 Å². The number of para-hydroxylation sites is 1. The molecule has 1 nitrogen and oxygen atoms in total. The molecule has 1 aliphatic rings. The summed E-state index contributed by atoms with van der Waals surface area (Å²) in [5.41, 5.74) is 2.65. The first-order valence-electron chi connectivity index (χ1n) is 6.93. The average molecular weight is 495 g/mol. The van der Waals surface area contributed by atoms with Crippen molar-refractivity contribution in [3.8, 4) is 0 Å². The van der Waals surface area contributed by atoms with Crippen LogP contribution in [-0.2, 0) is 31.7 Å². The van der Waals surface area contributed by atoms with Crippen molar-refractivity contribution in [1.29, 1.82) is 0 Å². The van der Waals surface area contributed by atoms with Gasteiger partial charge in [-0.3, -0.25) is 4.99 Å². The first kappa shape index (κ1) is 17.8. The molecule has 0 N–H and O–H groups in total. The topological polar surface area (TPSA) is 12.4 Å². The third-order valence-corrected chi connectivity index (χ3v) is 4.09. The Morgan fingerprint density at radius 1 is 1.04 bits per heavy atom. The monoisotopic (exact) mass is 495 g/mol. The van der Waals surface area contributed by atoms with Crippen LogP contribution in [0.15, 0.2) is 47.5 Å². The molecule has 0 atom stereocenters. The SMILES string of the molecule is [CH2-]c1cc(C(F)(F)F)ccc1C1=Nc2ccccc2C1(C)C.[Ir]. The molecule has 2 aromatic rings. The second-order valence-corrected chi connectivity index (χ2v) is 5.97. The molecule has 0 fully saturated rings. The van der Waals surface area contributed by atoms with Gasteiger partial charge in [0.15, 0.2) is 0 Å². The maximum atomic E-state index is 12.8. The second-order valence-electron chi connectivity index (χ2n) is 5.97. The van der Waals surface area contributed by atoms with E-state index in [-0.39, 0.29) is 25.5 Å². The summed E-state index contributed by atoms with van der Waals surface area (Å²) in [5.74, 6) is 0. The van der Waals surface area contributed by atoms with E-state index in [1.165, 1.54) is 6.07 Å². The van der Waals surface area contributed by atoms with Crippen molar-refractivity contribution in [2.45, 2.75) is 25.4 Å². The Bertz CT molecular complexity index is 776. The molecular formula is C18H15F3IrN-. The van der Waals surface area contributed by atoms with Crippen LogP contribution in [0.25, 0.3) is 0 Å². The zero-order valence-corrected chi connectivity index (χ0v) is 15.1. The molecule has 2 aromatic carbocycles. The van der Waals surface area contributed by atoms with Crippen LogP contribution < -0.4 is 0 Å². The largest absolute Gasteiger partial charge is 0.405 e. The smallest absolute Gasteiger partial charge is 0.265 e. The van der Waals surface area contributed by atoms with Crippen molar-refractivity contribution in [3.05, 3.63) is 71.6 Å².